The average Bonchev–Trinajstić information content (AvgIpc) is 3.46. The maximum atomic E-state index is 12.5. The highest BCUT2D eigenvalue weighted by molar-refractivity contribution is 7.99. The lowest BCUT2D eigenvalue weighted by Gasteiger charge is -2.16. The first-order chi connectivity index (χ1) is 14.9. The predicted molar refractivity (Wildman–Crippen MR) is 120 cm³/mol. The van der Waals surface area contributed by atoms with Crippen molar-refractivity contribution in [1.82, 2.24) is 9.29 Å². The van der Waals surface area contributed by atoms with Crippen LogP contribution in [0.2, 0.25) is 0 Å². The van der Waals surface area contributed by atoms with E-state index < -0.39 is 10.0 Å². The molecule has 0 aliphatic carbocycles. The first kappa shape index (κ1) is 21.8. The highest BCUT2D eigenvalue weighted by atomic mass is 32.2. The van der Waals surface area contributed by atoms with Crippen molar-refractivity contribution in [3.05, 3.63) is 42.6 Å². The van der Waals surface area contributed by atoms with Gasteiger partial charge in [-0.2, -0.15) is 4.31 Å². The lowest BCUT2D eigenvalue weighted by molar-refractivity contribution is -0.117. The van der Waals surface area contributed by atoms with Gasteiger partial charge in [0.1, 0.15) is 4.90 Å². The number of rotatable bonds is 7. The summed E-state index contributed by atoms with van der Waals surface area (Å²) in [6.07, 6.45) is 4.57. The summed E-state index contributed by atoms with van der Waals surface area (Å²) in [5.41, 5.74) is 1.49. The van der Waals surface area contributed by atoms with Crippen LogP contribution in [0.25, 0.3) is 0 Å². The van der Waals surface area contributed by atoms with E-state index in [1.165, 1.54) is 22.3 Å². The first-order valence-corrected chi connectivity index (χ1v) is 12.7. The molecule has 31 heavy (non-hydrogen) atoms. The summed E-state index contributed by atoms with van der Waals surface area (Å²) < 4.78 is 26.6. The zero-order chi connectivity index (χ0) is 21.8. The lowest BCUT2D eigenvalue weighted by atomic mass is 10.2. The van der Waals surface area contributed by atoms with E-state index >= 15 is 0 Å². The van der Waals surface area contributed by atoms with Crippen LogP contribution < -0.4 is 10.2 Å². The van der Waals surface area contributed by atoms with Crippen molar-refractivity contribution in [2.24, 2.45) is 0 Å². The summed E-state index contributed by atoms with van der Waals surface area (Å²) >= 11 is 1.24. The van der Waals surface area contributed by atoms with E-state index in [4.69, 9.17) is 0 Å². The summed E-state index contributed by atoms with van der Waals surface area (Å²) in [5, 5.41) is 3.40. The monoisotopic (exact) mass is 460 g/mol. The Morgan fingerprint density at radius 1 is 1.03 bits per heavy atom. The third kappa shape index (κ3) is 5.08. The van der Waals surface area contributed by atoms with Crippen LogP contribution in [0.15, 0.2) is 52.5 Å². The van der Waals surface area contributed by atoms with Crippen LogP contribution in [0.5, 0.6) is 0 Å². The minimum absolute atomic E-state index is 0.125. The number of hydrogen-bond acceptors (Lipinski definition) is 6. The highest BCUT2D eigenvalue weighted by Crippen LogP contribution is 2.24. The number of hydrogen-bond donors (Lipinski definition) is 1. The number of amides is 2. The van der Waals surface area contributed by atoms with Gasteiger partial charge in [0, 0.05) is 43.6 Å². The van der Waals surface area contributed by atoms with Crippen LogP contribution in [0.4, 0.5) is 11.4 Å². The molecule has 10 heteroatoms. The van der Waals surface area contributed by atoms with Crippen molar-refractivity contribution in [2.45, 2.75) is 35.6 Å². The van der Waals surface area contributed by atoms with Crippen LogP contribution in [-0.2, 0) is 19.6 Å². The van der Waals surface area contributed by atoms with E-state index in [2.05, 4.69) is 10.3 Å². The Kier molecular flexibility index (Phi) is 6.59. The molecule has 1 aromatic heterocycles. The van der Waals surface area contributed by atoms with E-state index in [0.717, 1.165) is 31.5 Å². The smallest absolute Gasteiger partial charge is 0.244 e. The van der Waals surface area contributed by atoms with E-state index in [0.29, 0.717) is 30.2 Å². The molecule has 2 amide bonds. The molecule has 0 saturated carbocycles. The normalized spacial score (nSPS) is 17.3. The van der Waals surface area contributed by atoms with Crippen molar-refractivity contribution in [2.75, 3.05) is 35.6 Å². The number of benzene rings is 1. The van der Waals surface area contributed by atoms with Crippen molar-refractivity contribution < 1.29 is 18.0 Å². The largest absolute Gasteiger partial charge is 0.325 e. The highest BCUT2D eigenvalue weighted by Gasteiger charge is 2.27. The van der Waals surface area contributed by atoms with Gasteiger partial charge in [0.15, 0.2) is 0 Å². The molecule has 2 aliphatic heterocycles. The summed E-state index contributed by atoms with van der Waals surface area (Å²) in [6.45, 7) is 1.83. The van der Waals surface area contributed by atoms with Gasteiger partial charge in [-0.3, -0.25) is 9.59 Å². The molecule has 0 bridgehead atoms. The third-order valence-electron chi connectivity index (χ3n) is 5.30. The zero-order valence-corrected chi connectivity index (χ0v) is 18.6. The van der Waals surface area contributed by atoms with Crippen molar-refractivity contribution in [3.63, 3.8) is 0 Å². The van der Waals surface area contributed by atoms with Crippen molar-refractivity contribution >= 4 is 45.0 Å². The molecule has 4 rings (SSSR count). The quantitative estimate of drug-likeness (QED) is 0.638. The van der Waals surface area contributed by atoms with Gasteiger partial charge in [-0.05, 0) is 55.7 Å². The van der Waals surface area contributed by atoms with E-state index in [-0.39, 0.29) is 22.5 Å². The van der Waals surface area contributed by atoms with Gasteiger partial charge in [0.25, 0.3) is 0 Å². The fraction of sp³-hybridized carbons (Fsp3) is 0.381. The molecule has 0 radical (unpaired) electrons. The fourth-order valence-corrected chi connectivity index (χ4v) is 5.77. The number of carbonyl (C=O) groups excluding carboxylic acids is 2. The van der Waals surface area contributed by atoms with Crippen LogP contribution in [0.3, 0.4) is 0 Å². The van der Waals surface area contributed by atoms with Gasteiger partial charge in [0.05, 0.1) is 10.8 Å². The predicted octanol–water partition coefficient (Wildman–Crippen LogP) is 2.72. The maximum Gasteiger partial charge on any atom is 0.244 e. The number of carbonyl (C=O) groups is 2. The molecular weight excluding hydrogens is 436 g/mol. The summed E-state index contributed by atoms with van der Waals surface area (Å²) in [5.74, 6) is 0.0860. The molecule has 1 aromatic carbocycles. The van der Waals surface area contributed by atoms with Crippen LogP contribution in [-0.4, -0.2) is 54.9 Å². The molecule has 2 fully saturated rings. The second-order valence-corrected chi connectivity index (χ2v) is 10.4. The van der Waals surface area contributed by atoms with Gasteiger partial charge >= 0.3 is 0 Å². The molecule has 0 unspecified atom stereocenters. The Balaban J connectivity index is 1.29. The summed E-state index contributed by atoms with van der Waals surface area (Å²) in [4.78, 5) is 30.2. The van der Waals surface area contributed by atoms with Gasteiger partial charge in [-0.1, -0.05) is 11.8 Å². The van der Waals surface area contributed by atoms with E-state index in [1.807, 2.05) is 12.1 Å². The first-order valence-electron chi connectivity index (χ1n) is 10.2. The molecule has 8 nitrogen and oxygen atoms in total. The third-order valence-corrected chi connectivity index (χ3v) is 8.13. The number of sulfonamides is 1. The Bertz CT molecular complexity index is 1050. The second kappa shape index (κ2) is 9.37. The Hall–Kier alpha value is -2.43. The SMILES string of the molecule is O=C(CSc1ccc(S(=O)(=O)N2CCCC2)cn1)Nc1ccc(N2CCCC2=O)cc1. The minimum Gasteiger partial charge on any atom is -0.325 e. The summed E-state index contributed by atoms with van der Waals surface area (Å²) in [6, 6.07) is 10.4. The van der Waals surface area contributed by atoms with Gasteiger partial charge in [-0.15, -0.1) is 0 Å². The molecule has 2 aliphatic rings. The molecular formula is C21H24N4O4S2. The van der Waals surface area contributed by atoms with Crippen LogP contribution in [0, 0.1) is 0 Å². The Morgan fingerprint density at radius 3 is 2.39 bits per heavy atom. The topological polar surface area (TPSA) is 99.7 Å². The number of pyridine rings is 1. The molecule has 0 spiro atoms. The lowest BCUT2D eigenvalue weighted by Crippen LogP contribution is -2.27. The molecule has 2 aromatic rings. The number of thioether (sulfide) groups is 1. The van der Waals surface area contributed by atoms with E-state index in [9.17, 15) is 18.0 Å². The number of anilines is 2. The summed E-state index contributed by atoms with van der Waals surface area (Å²) in [7, 11) is -3.48. The molecule has 1 N–H and O–H groups in total. The Morgan fingerprint density at radius 2 is 1.77 bits per heavy atom. The van der Waals surface area contributed by atoms with Crippen molar-refractivity contribution in [1.29, 1.82) is 0 Å². The van der Waals surface area contributed by atoms with Crippen molar-refractivity contribution in [3.8, 4) is 0 Å². The van der Waals surface area contributed by atoms with Gasteiger partial charge < -0.3 is 10.2 Å². The number of nitrogens with zero attached hydrogens (tertiary/aromatic N) is 3. The standard InChI is InChI=1S/C21H24N4O4S2/c26-19(23-16-5-7-17(8-6-16)25-13-3-4-21(25)27)15-30-20-10-9-18(14-22-20)31(28,29)24-11-1-2-12-24/h5-10,14H,1-4,11-13,15H2,(H,23,26). The molecule has 3 heterocycles. The number of aromatic nitrogens is 1. The zero-order valence-electron chi connectivity index (χ0n) is 17.0. The maximum absolute atomic E-state index is 12.5. The van der Waals surface area contributed by atoms with Crippen LogP contribution in [0.1, 0.15) is 25.7 Å². The minimum atomic E-state index is -3.48. The van der Waals surface area contributed by atoms with Gasteiger partial charge in [0.2, 0.25) is 21.8 Å². The second-order valence-electron chi connectivity index (χ2n) is 7.48. The fourth-order valence-electron chi connectivity index (χ4n) is 3.66. The molecule has 2 saturated heterocycles. The average molecular weight is 461 g/mol. The number of nitrogens with one attached hydrogen (secondary N) is 1. The molecule has 164 valence electrons. The van der Waals surface area contributed by atoms with Gasteiger partial charge in [-0.25, -0.2) is 13.4 Å². The van der Waals surface area contributed by atoms with E-state index in [1.54, 1.807) is 29.2 Å². The van der Waals surface area contributed by atoms with Crippen LogP contribution >= 0.6 is 11.8 Å². The Labute approximate surface area is 186 Å². The molecule has 0 atom stereocenters.